The number of carbonyl (C=O) groups is 2. The molecule has 1 unspecified atom stereocenters. The molecule has 1 atom stereocenters. The predicted molar refractivity (Wildman–Crippen MR) is 78.4 cm³/mol. The third kappa shape index (κ3) is 4.19. The van der Waals surface area contributed by atoms with E-state index in [2.05, 4.69) is 10.6 Å². The number of nitrogens with one attached hydrogen (secondary N) is 2. The summed E-state index contributed by atoms with van der Waals surface area (Å²) in [4.78, 5) is 22.9. The van der Waals surface area contributed by atoms with Crippen LogP contribution >= 0.6 is 0 Å². The van der Waals surface area contributed by atoms with Crippen LogP contribution in [0.2, 0.25) is 0 Å². The zero-order valence-corrected chi connectivity index (χ0v) is 12.3. The van der Waals surface area contributed by atoms with Gasteiger partial charge < -0.3 is 20.1 Å². The van der Waals surface area contributed by atoms with E-state index < -0.39 is 0 Å². The Morgan fingerprint density at radius 2 is 2.33 bits per heavy atom. The Balaban J connectivity index is 2.02. The lowest BCUT2D eigenvalue weighted by atomic mass is 10.0. The standard InChI is InChI=1S/C15H20N2O4/c1-3-20-15(19)8-11(16-2)6-10-4-5-13-12(7-10)17-14(18)9-21-13/h4-5,7,11,16H,3,6,8-9H2,1-2H3,(H,17,18). The van der Waals surface area contributed by atoms with Gasteiger partial charge in [-0.1, -0.05) is 6.07 Å². The first-order valence-corrected chi connectivity index (χ1v) is 7.00. The molecule has 1 aliphatic heterocycles. The average molecular weight is 292 g/mol. The minimum absolute atomic E-state index is 0.0117. The second kappa shape index (κ2) is 7.08. The van der Waals surface area contributed by atoms with Gasteiger partial charge in [0, 0.05) is 6.04 Å². The fourth-order valence-corrected chi connectivity index (χ4v) is 2.24. The third-order valence-corrected chi connectivity index (χ3v) is 3.29. The normalized spacial score (nSPS) is 14.7. The summed E-state index contributed by atoms with van der Waals surface area (Å²) in [7, 11) is 1.81. The first-order chi connectivity index (χ1) is 10.1. The summed E-state index contributed by atoms with van der Waals surface area (Å²) in [6.07, 6.45) is 0.975. The molecule has 1 heterocycles. The second-order valence-corrected chi connectivity index (χ2v) is 4.87. The molecule has 1 aromatic carbocycles. The molecule has 1 amide bonds. The summed E-state index contributed by atoms with van der Waals surface area (Å²) < 4.78 is 10.3. The Morgan fingerprint density at radius 1 is 1.52 bits per heavy atom. The van der Waals surface area contributed by atoms with E-state index in [4.69, 9.17) is 9.47 Å². The SMILES string of the molecule is CCOC(=O)CC(Cc1ccc2c(c1)NC(=O)CO2)NC. The Morgan fingerprint density at radius 3 is 3.05 bits per heavy atom. The molecule has 2 N–H and O–H groups in total. The van der Waals surface area contributed by atoms with Crippen molar-refractivity contribution in [2.24, 2.45) is 0 Å². The van der Waals surface area contributed by atoms with E-state index in [9.17, 15) is 9.59 Å². The highest BCUT2D eigenvalue weighted by Gasteiger charge is 2.18. The fourth-order valence-electron chi connectivity index (χ4n) is 2.24. The first-order valence-electron chi connectivity index (χ1n) is 7.00. The lowest BCUT2D eigenvalue weighted by Crippen LogP contribution is -2.31. The van der Waals surface area contributed by atoms with Crippen molar-refractivity contribution < 1.29 is 19.1 Å². The number of rotatable bonds is 6. The van der Waals surface area contributed by atoms with Crippen molar-refractivity contribution in [3.8, 4) is 5.75 Å². The maximum Gasteiger partial charge on any atom is 0.307 e. The molecule has 6 heteroatoms. The zero-order chi connectivity index (χ0) is 15.2. The van der Waals surface area contributed by atoms with Crippen LogP contribution in [0, 0.1) is 0 Å². The first kappa shape index (κ1) is 15.3. The van der Waals surface area contributed by atoms with Crippen LogP contribution in [-0.4, -0.2) is 38.2 Å². The summed E-state index contributed by atoms with van der Waals surface area (Å²) in [6, 6.07) is 5.64. The van der Waals surface area contributed by atoms with Crippen molar-refractivity contribution in [2.45, 2.75) is 25.8 Å². The average Bonchev–Trinajstić information content (AvgIpc) is 2.46. The van der Waals surface area contributed by atoms with Crippen molar-refractivity contribution in [3.05, 3.63) is 23.8 Å². The molecule has 1 aromatic rings. The van der Waals surface area contributed by atoms with Gasteiger partial charge in [0.05, 0.1) is 18.7 Å². The topological polar surface area (TPSA) is 76.7 Å². The Labute approximate surface area is 123 Å². The largest absolute Gasteiger partial charge is 0.482 e. The van der Waals surface area contributed by atoms with Gasteiger partial charge in [-0.25, -0.2) is 0 Å². The highest BCUT2D eigenvalue weighted by Crippen LogP contribution is 2.28. The monoisotopic (exact) mass is 292 g/mol. The Kier molecular flexibility index (Phi) is 5.16. The van der Waals surface area contributed by atoms with Gasteiger partial charge in [0.15, 0.2) is 6.61 Å². The number of hydrogen-bond acceptors (Lipinski definition) is 5. The molecule has 21 heavy (non-hydrogen) atoms. The number of fused-ring (bicyclic) bond motifs is 1. The molecule has 1 aliphatic rings. The van der Waals surface area contributed by atoms with E-state index in [0.29, 0.717) is 30.9 Å². The molecule has 0 bridgehead atoms. The van der Waals surface area contributed by atoms with Gasteiger partial charge in [0.25, 0.3) is 5.91 Å². The number of ether oxygens (including phenoxy) is 2. The number of esters is 1. The number of benzene rings is 1. The van der Waals surface area contributed by atoms with E-state index >= 15 is 0 Å². The number of hydrogen-bond donors (Lipinski definition) is 2. The molecule has 6 nitrogen and oxygen atoms in total. The van der Waals surface area contributed by atoms with E-state index in [-0.39, 0.29) is 24.5 Å². The third-order valence-electron chi connectivity index (χ3n) is 3.29. The van der Waals surface area contributed by atoms with Crippen LogP contribution in [-0.2, 0) is 20.7 Å². The maximum atomic E-state index is 11.5. The van der Waals surface area contributed by atoms with Gasteiger partial charge >= 0.3 is 5.97 Å². The van der Waals surface area contributed by atoms with Gasteiger partial charge in [-0.05, 0) is 38.1 Å². The van der Waals surface area contributed by atoms with Crippen LogP contribution in [0.15, 0.2) is 18.2 Å². The van der Waals surface area contributed by atoms with Crippen molar-refractivity contribution >= 4 is 17.6 Å². The summed E-state index contributed by atoms with van der Waals surface area (Å²) in [5.74, 6) is 0.299. The van der Waals surface area contributed by atoms with E-state index in [1.54, 1.807) is 6.92 Å². The highest BCUT2D eigenvalue weighted by molar-refractivity contribution is 5.95. The number of carbonyl (C=O) groups excluding carboxylic acids is 2. The molecule has 0 fully saturated rings. The minimum Gasteiger partial charge on any atom is -0.482 e. The van der Waals surface area contributed by atoms with Crippen LogP contribution in [0.3, 0.4) is 0 Å². The molecule has 2 rings (SSSR count). The molecule has 0 aromatic heterocycles. The van der Waals surface area contributed by atoms with Gasteiger partial charge in [0.2, 0.25) is 0 Å². The fraction of sp³-hybridized carbons (Fsp3) is 0.467. The van der Waals surface area contributed by atoms with Crippen LogP contribution in [0.25, 0.3) is 0 Å². The maximum absolute atomic E-state index is 11.5. The predicted octanol–water partition coefficient (Wildman–Crippen LogP) is 1.10. The number of anilines is 1. The van der Waals surface area contributed by atoms with Crippen LogP contribution in [0.1, 0.15) is 18.9 Å². The summed E-state index contributed by atoms with van der Waals surface area (Å²) in [5, 5.41) is 5.89. The Hall–Kier alpha value is -2.08. The second-order valence-electron chi connectivity index (χ2n) is 4.87. The molecule has 0 saturated heterocycles. The van der Waals surface area contributed by atoms with Gasteiger partial charge in [-0.2, -0.15) is 0 Å². The Bertz CT molecular complexity index is 530. The molecule has 0 spiro atoms. The smallest absolute Gasteiger partial charge is 0.307 e. The van der Waals surface area contributed by atoms with Crippen molar-refractivity contribution in [1.82, 2.24) is 5.32 Å². The van der Waals surface area contributed by atoms with Gasteiger partial charge in [0.1, 0.15) is 5.75 Å². The van der Waals surface area contributed by atoms with E-state index in [1.807, 2.05) is 25.2 Å². The summed E-state index contributed by atoms with van der Waals surface area (Å²) in [6.45, 7) is 2.23. The lowest BCUT2D eigenvalue weighted by Gasteiger charge is -2.20. The number of likely N-dealkylation sites (N-methyl/N-ethyl adjacent to an activating group) is 1. The van der Waals surface area contributed by atoms with Crippen LogP contribution in [0.5, 0.6) is 5.75 Å². The zero-order valence-electron chi connectivity index (χ0n) is 12.3. The molecular weight excluding hydrogens is 272 g/mol. The molecular formula is C15H20N2O4. The quantitative estimate of drug-likeness (QED) is 0.768. The molecule has 114 valence electrons. The van der Waals surface area contributed by atoms with Gasteiger partial charge in [-0.15, -0.1) is 0 Å². The number of amides is 1. The summed E-state index contributed by atoms with van der Waals surface area (Å²) in [5.41, 5.74) is 1.69. The van der Waals surface area contributed by atoms with Crippen molar-refractivity contribution in [1.29, 1.82) is 0 Å². The van der Waals surface area contributed by atoms with Gasteiger partial charge in [-0.3, -0.25) is 9.59 Å². The summed E-state index contributed by atoms with van der Waals surface area (Å²) >= 11 is 0. The minimum atomic E-state index is -0.216. The highest BCUT2D eigenvalue weighted by atomic mass is 16.5. The van der Waals surface area contributed by atoms with E-state index in [1.165, 1.54) is 0 Å². The van der Waals surface area contributed by atoms with Crippen LogP contribution < -0.4 is 15.4 Å². The lowest BCUT2D eigenvalue weighted by molar-refractivity contribution is -0.143. The van der Waals surface area contributed by atoms with E-state index in [0.717, 1.165) is 5.56 Å². The molecule has 0 aliphatic carbocycles. The molecule has 0 radical (unpaired) electrons. The van der Waals surface area contributed by atoms with Crippen molar-refractivity contribution in [3.63, 3.8) is 0 Å². The van der Waals surface area contributed by atoms with Crippen molar-refractivity contribution in [2.75, 3.05) is 25.6 Å². The van der Waals surface area contributed by atoms with Crippen LogP contribution in [0.4, 0.5) is 5.69 Å². The molecule has 0 saturated carbocycles.